The lowest BCUT2D eigenvalue weighted by Gasteiger charge is -2.43. The van der Waals surface area contributed by atoms with Crippen molar-refractivity contribution in [3.63, 3.8) is 0 Å². The predicted octanol–water partition coefficient (Wildman–Crippen LogP) is 2.41. The molecule has 0 radical (unpaired) electrons. The minimum Gasteiger partial charge on any atom is -0.454 e. The Hall–Kier alpha value is -2.09. The Labute approximate surface area is 179 Å². The Kier molecular flexibility index (Phi) is 5.93. The van der Waals surface area contributed by atoms with E-state index in [1.807, 2.05) is 12.3 Å². The molecule has 0 N–H and O–H groups in total. The van der Waals surface area contributed by atoms with Gasteiger partial charge in [-0.25, -0.2) is 4.98 Å². The molecule has 0 aliphatic carbocycles. The van der Waals surface area contributed by atoms with Crippen LogP contribution < -0.4 is 9.47 Å². The number of nitrogens with zero attached hydrogens (tertiary/aromatic N) is 5. The first-order valence-corrected chi connectivity index (χ1v) is 11.4. The Morgan fingerprint density at radius 1 is 1.00 bits per heavy atom. The maximum absolute atomic E-state index is 5.53. The maximum Gasteiger partial charge on any atom is 0.231 e. The Morgan fingerprint density at radius 3 is 2.73 bits per heavy atom. The minimum atomic E-state index is 0.343. The zero-order chi connectivity index (χ0) is 20.3. The second-order valence-corrected chi connectivity index (χ2v) is 8.66. The molecule has 5 rings (SSSR count). The summed E-state index contributed by atoms with van der Waals surface area (Å²) in [6.07, 6.45) is 6.63. The highest BCUT2D eigenvalue weighted by atomic mass is 16.7. The molecule has 0 saturated carbocycles. The highest BCUT2D eigenvalue weighted by molar-refractivity contribution is 5.44. The molecule has 3 aliphatic rings. The first-order valence-electron chi connectivity index (χ1n) is 11.4. The summed E-state index contributed by atoms with van der Waals surface area (Å²) in [5, 5.41) is 0. The van der Waals surface area contributed by atoms with Gasteiger partial charge in [0, 0.05) is 64.2 Å². The van der Waals surface area contributed by atoms with Crippen LogP contribution in [0.25, 0.3) is 0 Å². The van der Waals surface area contributed by atoms with E-state index in [0.29, 0.717) is 12.8 Å². The van der Waals surface area contributed by atoms with Crippen LogP contribution in [-0.2, 0) is 19.6 Å². The van der Waals surface area contributed by atoms with Gasteiger partial charge in [-0.3, -0.25) is 14.7 Å². The number of aryl methyl sites for hydroxylation is 1. The number of piperazine rings is 1. The van der Waals surface area contributed by atoms with Gasteiger partial charge in [0.05, 0.1) is 6.54 Å². The monoisotopic (exact) mass is 411 g/mol. The summed E-state index contributed by atoms with van der Waals surface area (Å²) in [5.74, 6) is 2.95. The molecule has 3 aliphatic heterocycles. The van der Waals surface area contributed by atoms with Crippen molar-refractivity contribution in [3.05, 3.63) is 42.0 Å². The second kappa shape index (κ2) is 8.96. The molecule has 1 aromatic heterocycles. The lowest BCUT2D eigenvalue weighted by Crippen LogP contribution is -2.54. The smallest absolute Gasteiger partial charge is 0.231 e. The molecule has 1 unspecified atom stereocenters. The number of likely N-dealkylation sites (tertiary alicyclic amines) is 1. The lowest BCUT2D eigenvalue weighted by molar-refractivity contribution is 0.0467. The summed E-state index contributed by atoms with van der Waals surface area (Å²) < 4.78 is 13.2. The van der Waals surface area contributed by atoms with Crippen LogP contribution in [0.1, 0.15) is 31.2 Å². The molecule has 2 aromatic rings. The van der Waals surface area contributed by atoms with Crippen LogP contribution in [-0.4, -0.2) is 76.4 Å². The molecule has 0 amide bonds. The number of hydrogen-bond donors (Lipinski definition) is 0. The van der Waals surface area contributed by atoms with Gasteiger partial charge >= 0.3 is 0 Å². The summed E-state index contributed by atoms with van der Waals surface area (Å²) >= 11 is 0. The van der Waals surface area contributed by atoms with Gasteiger partial charge in [0.1, 0.15) is 5.82 Å². The van der Waals surface area contributed by atoms with E-state index in [0.717, 1.165) is 57.3 Å². The number of piperidine rings is 1. The summed E-state index contributed by atoms with van der Waals surface area (Å²) in [4.78, 5) is 12.5. The quantitative estimate of drug-likeness (QED) is 0.728. The van der Waals surface area contributed by atoms with Crippen LogP contribution in [0.3, 0.4) is 0 Å². The molecular formula is C23H33N5O2. The molecule has 2 fully saturated rings. The number of ether oxygens (including phenoxy) is 2. The molecule has 7 heteroatoms. The molecule has 2 saturated heterocycles. The van der Waals surface area contributed by atoms with Crippen molar-refractivity contribution >= 4 is 0 Å². The normalized spacial score (nSPS) is 23.2. The third kappa shape index (κ3) is 4.33. The lowest BCUT2D eigenvalue weighted by atomic mass is 10.0. The molecule has 1 atom stereocenters. The zero-order valence-corrected chi connectivity index (χ0v) is 18.0. The van der Waals surface area contributed by atoms with Crippen LogP contribution >= 0.6 is 0 Å². The largest absolute Gasteiger partial charge is 0.454 e. The number of aromatic nitrogens is 2. The summed E-state index contributed by atoms with van der Waals surface area (Å²) in [7, 11) is 0. The average molecular weight is 412 g/mol. The molecule has 30 heavy (non-hydrogen) atoms. The van der Waals surface area contributed by atoms with Gasteiger partial charge in [-0.05, 0) is 44.0 Å². The van der Waals surface area contributed by atoms with Crippen molar-refractivity contribution in [3.8, 4) is 11.5 Å². The minimum absolute atomic E-state index is 0.343. The highest BCUT2D eigenvalue weighted by Crippen LogP contribution is 2.33. The van der Waals surface area contributed by atoms with Crippen molar-refractivity contribution in [2.45, 2.75) is 45.4 Å². The van der Waals surface area contributed by atoms with Crippen molar-refractivity contribution in [2.75, 3.05) is 46.1 Å². The number of rotatable bonds is 6. The van der Waals surface area contributed by atoms with E-state index in [1.54, 1.807) is 0 Å². The summed E-state index contributed by atoms with van der Waals surface area (Å²) in [5.41, 5.74) is 1.31. The first kappa shape index (κ1) is 19.8. The maximum atomic E-state index is 5.53. The molecule has 4 heterocycles. The van der Waals surface area contributed by atoms with Crippen LogP contribution in [0.5, 0.6) is 11.5 Å². The van der Waals surface area contributed by atoms with Gasteiger partial charge in [-0.15, -0.1) is 0 Å². The molecular weight excluding hydrogens is 378 g/mol. The zero-order valence-electron chi connectivity index (χ0n) is 18.0. The van der Waals surface area contributed by atoms with Crippen LogP contribution in [0.4, 0.5) is 0 Å². The van der Waals surface area contributed by atoms with Crippen LogP contribution in [0.2, 0.25) is 0 Å². The summed E-state index contributed by atoms with van der Waals surface area (Å²) in [6, 6.07) is 7.01. The fourth-order valence-corrected chi connectivity index (χ4v) is 5.04. The van der Waals surface area contributed by atoms with Gasteiger partial charge in [0.15, 0.2) is 11.5 Å². The SMILES string of the molecule is CCn1ccnc1CN1CCCC(N2CCN(Cc3ccc4c(c3)OCO4)CC2)C1. The van der Waals surface area contributed by atoms with Gasteiger partial charge in [0.2, 0.25) is 6.79 Å². The highest BCUT2D eigenvalue weighted by Gasteiger charge is 2.28. The van der Waals surface area contributed by atoms with Crippen molar-refractivity contribution < 1.29 is 9.47 Å². The fraction of sp³-hybridized carbons (Fsp3) is 0.609. The summed E-state index contributed by atoms with van der Waals surface area (Å²) in [6.45, 7) is 12.4. The Morgan fingerprint density at radius 2 is 1.87 bits per heavy atom. The first-order chi connectivity index (χ1) is 14.8. The molecule has 0 spiro atoms. The van der Waals surface area contributed by atoms with E-state index in [9.17, 15) is 0 Å². The van der Waals surface area contributed by atoms with Gasteiger partial charge in [0.25, 0.3) is 0 Å². The van der Waals surface area contributed by atoms with Gasteiger partial charge in [-0.2, -0.15) is 0 Å². The number of hydrogen-bond acceptors (Lipinski definition) is 6. The van der Waals surface area contributed by atoms with Crippen molar-refractivity contribution in [1.29, 1.82) is 0 Å². The fourth-order valence-electron chi connectivity index (χ4n) is 5.04. The average Bonchev–Trinajstić information content (AvgIpc) is 3.43. The number of benzene rings is 1. The van der Waals surface area contributed by atoms with E-state index in [-0.39, 0.29) is 0 Å². The van der Waals surface area contributed by atoms with Gasteiger partial charge in [-0.1, -0.05) is 6.07 Å². The van der Waals surface area contributed by atoms with Gasteiger partial charge < -0.3 is 14.0 Å². The van der Waals surface area contributed by atoms with Crippen molar-refractivity contribution in [1.82, 2.24) is 24.3 Å². The number of imidazole rings is 1. The third-order valence-corrected chi connectivity index (χ3v) is 6.75. The standard InChI is InChI=1S/C23H33N5O2/c1-2-27-9-7-24-23(27)17-26-8-3-4-20(16-26)28-12-10-25(11-13-28)15-19-5-6-21-22(14-19)30-18-29-21/h5-7,9,14,20H,2-4,8,10-13,15-18H2,1H3. The molecule has 7 nitrogen and oxygen atoms in total. The van der Waals surface area contributed by atoms with Crippen LogP contribution in [0.15, 0.2) is 30.6 Å². The second-order valence-electron chi connectivity index (χ2n) is 8.66. The van der Waals surface area contributed by atoms with Crippen LogP contribution in [0, 0.1) is 0 Å². The Bertz CT molecular complexity index is 846. The van der Waals surface area contributed by atoms with Crippen molar-refractivity contribution in [2.24, 2.45) is 0 Å². The van der Waals surface area contributed by atoms with E-state index in [4.69, 9.17) is 9.47 Å². The molecule has 1 aromatic carbocycles. The van der Waals surface area contributed by atoms with E-state index >= 15 is 0 Å². The number of fused-ring (bicyclic) bond motifs is 1. The van der Waals surface area contributed by atoms with E-state index < -0.39 is 0 Å². The molecule has 0 bridgehead atoms. The van der Waals surface area contributed by atoms with E-state index in [1.165, 1.54) is 37.3 Å². The molecule has 162 valence electrons. The Balaban J connectivity index is 1.12. The topological polar surface area (TPSA) is 46.0 Å². The predicted molar refractivity (Wildman–Crippen MR) is 116 cm³/mol. The third-order valence-electron chi connectivity index (χ3n) is 6.75. The van der Waals surface area contributed by atoms with E-state index in [2.05, 4.69) is 49.5 Å².